The summed E-state index contributed by atoms with van der Waals surface area (Å²) in [6, 6.07) is 5.42. The van der Waals surface area contributed by atoms with Crippen LogP contribution < -0.4 is 10.6 Å². The molecule has 7 heteroatoms. The van der Waals surface area contributed by atoms with Gasteiger partial charge in [-0.25, -0.2) is 0 Å². The Morgan fingerprint density at radius 1 is 1.48 bits per heavy atom. The second-order valence-electron chi connectivity index (χ2n) is 5.99. The van der Waals surface area contributed by atoms with Crippen LogP contribution in [0.3, 0.4) is 0 Å². The number of hydrogen-bond donors (Lipinski definition) is 4. The molecule has 0 radical (unpaired) electrons. The smallest absolute Gasteiger partial charge is 0.261 e. The average Bonchev–Trinajstić information content (AvgIpc) is 3.18. The number of carbonyl (C=O) groups is 2. The van der Waals surface area contributed by atoms with Gasteiger partial charge in [0.1, 0.15) is 5.00 Å². The molecule has 3 heterocycles. The summed E-state index contributed by atoms with van der Waals surface area (Å²) in [6.45, 7) is 3.33. The van der Waals surface area contributed by atoms with Gasteiger partial charge in [-0.2, -0.15) is 0 Å². The number of H-pyrrole nitrogens is 1. The molecule has 0 aromatic carbocycles. The molecular formula is C16H17N3O3S. The molecule has 120 valence electrons. The van der Waals surface area contributed by atoms with Gasteiger partial charge in [-0.05, 0) is 38.1 Å². The summed E-state index contributed by atoms with van der Waals surface area (Å²) >= 11 is 1.22. The fourth-order valence-electron chi connectivity index (χ4n) is 2.23. The minimum absolute atomic E-state index is 0.154. The predicted molar refractivity (Wildman–Crippen MR) is 90.2 cm³/mol. The lowest BCUT2D eigenvalue weighted by atomic mass is 10.1. The Bertz CT molecular complexity index is 788. The van der Waals surface area contributed by atoms with Gasteiger partial charge in [0.2, 0.25) is 0 Å². The van der Waals surface area contributed by atoms with Crippen LogP contribution in [0.15, 0.2) is 24.4 Å². The highest BCUT2D eigenvalue weighted by Gasteiger charge is 2.29. The molecule has 0 fully saturated rings. The first-order valence-corrected chi connectivity index (χ1v) is 7.95. The molecule has 0 saturated carbocycles. The Labute approximate surface area is 137 Å². The van der Waals surface area contributed by atoms with Gasteiger partial charge in [0.05, 0.1) is 22.6 Å². The monoisotopic (exact) mass is 331 g/mol. The molecule has 3 rings (SSSR count). The summed E-state index contributed by atoms with van der Waals surface area (Å²) in [5, 5.41) is 15.5. The van der Waals surface area contributed by atoms with Crippen LogP contribution in [0, 0.1) is 0 Å². The van der Waals surface area contributed by atoms with Crippen molar-refractivity contribution >= 4 is 39.8 Å². The van der Waals surface area contributed by atoms with Gasteiger partial charge in [-0.3, -0.25) is 9.59 Å². The number of carbonyl (C=O) groups excluding carboxylic acids is 2. The number of aromatic amines is 1. The molecule has 0 unspecified atom stereocenters. The van der Waals surface area contributed by atoms with E-state index in [2.05, 4.69) is 15.6 Å². The Kier molecular flexibility index (Phi) is 3.83. The maximum atomic E-state index is 12.3. The topological polar surface area (TPSA) is 94.2 Å². The summed E-state index contributed by atoms with van der Waals surface area (Å²) in [7, 11) is 0. The second-order valence-corrected chi connectivity index (χ2v) is 7.04. The zero-order chi connectivity index (χ0) is 16.6. The minimum Gasteiger partial charge on any atom is -0.394 e. The molecule has 2 aromatic heterocycles. The zero-order valence-electron chi connectivity index (χ0n) is 12.8. The maximum Gasteiger partial charge on any atom is 0.261 e. The van der Waals surface area contributed by atoms with Crippen molar-refractivity contribution in [2.45, 2.75) is 19.4 Å². The van der Waals surface area contributed by atoms with Crippen molar-refractivity contribution in [3.05, 3.63) is 40.5 Å². The molecule has 0 saturated heterocycles. The van der Waals surface area contributed by atoms with Gasteiger partial charge >= 0.3 is 0 Å². The number of amides is 2. The number of thiophene rings is 1. The highest BCUT2D eigenvalue weighted by molar-refractivity contribution is 7.18. The third-order valence-corrected chi connectivity index (χ3v) is 4.54. The van der Waals surface area contributed by atoms with Crippen molar-refractivity contribution in [1.29, 1.82) is 0 Å². The van der Waals surface area contributed by atoms with Crippen molar-refractivity contribution in [2.75, 3.05) is 11.9 Å². The molecule has 6 nitrogen and oxygen atoms in total. The lowest BCUT2D eigenvalue weighted by Crippen LogP contribution is -2.46. The normalized spacial score (nSPS) is 15.6. The van der Waals surface area contributed by atoms with Crippen LogP contribution in [-0.4, -0.2) is 34.1 Å². The lowest BCUT2D eigenvalue weighted by molar-refractivity contribution is -0.110. The van der Waals surface area contributed by atoms with Crippen molar-refractivity contribution in [1.82, 2.24) is 10.3 Å². The fraction of sp³-hybridized carbons (Fsp3) is 0.250. The molecule has 0 spiro atoms. The number of aromatic nitrogens is 1. The first-order chi connectivity index (χ1) is 10.9. The molecule has 1 aliphatic rings. The van der Waals surface area contributed by atoms with Gasteiger partial charge in [-0.15, -0.1) is 11.3 Å². The van der Waals surface area contributed by atoms with Gasteiger partial charge in [0, 0.05) is 17.5 Å². The zero-order valence-corrected chi connectivity index (χ0v) is 13.6. The number of aliphatic hydroxyl groups excluding tert-OH is 1. The van der Waals surface area contributed by atoms with Crippen LogP contribution in [0.2, 0.25) is 0 Å². The van der Waals surface area contributed by atoms with E-state index in [0.29, 0.717) is 15.5 Å². The first-order valence-electron chi connectivity index (χ1n) is 7.13. The minimum atomic E-state index is -0.697. The summed E-state index contributed by atoms with van der Waals surface area (Å²) in [5.74, 6) is -0.444. The van der Waals surface area contributed by atoms with Gasteiger partial charge in [0.25, 0.3) is 11.8 Å². The van der Waals surface area contributed by atoms with E-state index in [1.165, 1.54) is 11.3 Å². The molecule has 0 bridgehead atoms. The lowest BCUT2D eigenvalue weighted by Gasteiger charge is -2.22. The Morgan fingerprint density at radius 3 is 2.91 bits per heavy atom. The van der Waals surface area contributed by atoms with E-state index in [1.54, 1.807) is 32.2 Å². The van der Waals surface area contributed by atoms with Gasteiger partial charge < -0.3 is 20.7 Å². The highest BCUT2D eigenvalue weighted by atomic mass is 32.1. The average molecular weight is 331 g/mol. The largest absolute Gasteiger partial charge is 0.394 e. The van der Waals surface area contributed by atoms with Crippen LogP contribution in [-0.2, 0) is 4.79 Å². The number of rotatable bonds is 4. The SMILES string of the molecule is CC(C)(CO)NC(=O)c1cc2c(s1)NC(=O)/C2=C\c1ccc[nH]1. The second kappa shape index (κ2) is 5.68. The third kappa shape index (κ3) is 3.06. The number of fused-ring (bicyclic) bond motifs is 1. The summed E-state index contributed by atoms with van der Waals surface area (Å²) in [4.78, 5) is 27.9. The highest BCUT2D eigenvalue weighted by Crippen LogP contribution is 2.39. The van der Waals surface area contributed by atoms with Crippen LogP contribution in [0.5, 0.6) is 0 Å². The molecule has 23 heavy (non-hydrogen) atoms. The van der Waals surface area contributed by atoms with E-state index < -0.39 is 5.54 Å². The number of aliphatic hydroxyl groups is 1. The summed E-state index contributed by atoms with van der Waals surface area (Å²) in [5.41, 5.74) is 1.37. The molecule has 4 N–H and O–H groups in total. The van der Waals surface area contributed by atoms with E-state index in [1.807, 2.05) is 12.1 Å². The standard InChI is InChI=1S/C16H17N3O3S/c1-16(2,8-20)19-14(22)12-7-11-10(6-9-4-3-5-17-9)13(21)18-15(11)23-12/h3-7,17,20H,8H2,1-2H3,(H,18,21)(H,19,22)/b10-6-. The Hall–Kier alpha value is -2.38. The molecule has 2 amide bonds. The molecule has 1 aliphatic heterocycles. The van der Waals surface area contributed by atoms with Crippen molar-refractivity contribution in [3.63, 3.8) is 0 Å². The van der Waals surface area contributed by atoms with Crippen molar-refractivity contribution in [2.24, 2.45) is 0 Å². The number of nitrogens with one attached hydrogen (secondary N) is 3. The van der Waals surface area contributed by atoms with E-state index in [-0.39, 0.29) is 18.4 Å². The molecule has 0 atom stereocenters. The van der Waals surface area contributed by atoms with E-state index >= 15 is 0 Å². The van der Waals surface area contributed by atoms with Crippen molar-refractivity contribution in [3.8, 4) is 0 Å². The third-order valence-electron chi connectivity index (χ3n) is 3.49. The fourth-order valence-corrected chi connectivity index (χ4v) is 3.19. The first kappa shape index (κ1) is 15.5. The summed E-state index contributed by atoms with van der Waals surface area (Å²) in [6.07, 6.45) is 3.54. The Balaban J connectivity index is 1.89. The number of anilines is 1. The Morgan fingerprint density at radius 2 is 2.26 bits per heavy atom. The molecule has 0 aliphatic carbocycles. The quantitative estimate of drug-likeness (QED) is 0.646. The summed E-state index contributed by atoms with van der Waals surface area (Å²) < 4.78 is 0. The van der Waals surface area contributed by atoms with Crippen LogP contribution >= 0.6 is 11.3 Å². The van der Waals surface area contributed by atoms with E-state index in [0.717, 1.165) is 11.3 Å². The molecule has 2 aromatic rings. The van der Waals surface area contributed by atoms with Crippen LogP contribution in [0.1, 0.15) is 34.8 Å². The van der Waals surface area contributed by atoms with Crippen LogP contribution in [0.4, 0.5) is 5.00 Å². The number of hydrogen-bond acceptors (Lipinski definition) is 4. The van der Waals surface area contributed by atoms with Gasteiger partial charge in [0.15, 0.2) is 0 Å². The molecular weight excluding hydrogens is 314 g/mol. The van der Waals surface area contributed by atoms with E-state index in [4.69, 9.17) is 0 Å². The predicted octanol–water partition coefficient (Wildman–Crippen LogP) is 2.07. The van der Waals surface area contributed by atoms with Crippen LogP contribution in [0.25, 0.3) is 11.6 Å². The van der Waals surface area contributed by atoms with Crippen molar-refractivity contribution < 1.29 is 14.7 Å². The van der Waals surface area contributed by atoms with E-state index in [9.17, 15) is 14.7 Å². The maximum absolute atomic E-state index is 12.3. The van der Waals surface area contributed by atoms with Gasteiger partial charge in [-0.1, -0.05) is 0 Å².